The van der Waals surface area contributed by atoms with E-state index in [2.05, 4.69) is 21.2 Å². The molecule has 1 heterocycles. The van der Waals surface area contributed by atoms with Gasteiger partial charge in [-0.15, -0.1) is 11.3 Å². The number of rotatable bonds is 4. The standard InChI is InChI=1S/C13H15BrN2O2S/c14-10-7-9(8-19-10)3-4-11(17)16-13(12(15)18)5-1-2-6-13/h3-4,7-8H,1-2,5-6H2,(H2,15,18)(H,16,17). The average Bonchev–Trinajstić information content (AvgIpc) is 2.97. The smallest absolute Gasteiger partial charge is 0.244 e. The Hall–Kier alpha value is -1.14. The van der Waals surface area contributed by atoms with Crippen LogP contribution in [-0.4, -0.2) is 17.4 Å². The predicted octanol–water partition coefficient (Wildman–Crippen LogP) is 2.44. The van der Waals surface area contributed by atoms with Gasteiger partial charge in [0.25, 0.3) is 0 Å². The summed E-state index contributed by atoms with van der Waals surface area (Å²) in [5.74, 6) is -0.715. The Bertz CT molecular complexity index is 518. The van der Waals surface area contributed by atoms with Crippen molar-refractivity contribution in [1.29, 1.82) is 0 Å². The van der Waals surface area contributed by atoms with E-state index in [4.69, 9.17) is 5.73 Å². The van der Waals surface area contributed by atoms with Crippen LogP contribution < -0.4 is 11.1 Å². The van der Waals surface area contributed by atoms with Gasteiger partial charge in [-0.1, -0.05) is 12.8 Å². The van der Waals surface area contributed by atoms with Crippen LogP contribution in [0, 0.1) is 0 Å². The molecule has 0 bridgehead atoms. The maximum absolute atomic E-state index is 11.9. The summed E-state index contributed by atoms with van der Waals surface area (Å²) in [5, 5.41) is 4.70. The molecular formula is C13H15BrN2O2S. The van der Waals surface area contributed by atoms with Crippen molar-refractivity contribution < 1.29 is 9.59 Å². The molecule has 4 nitrogen and oxygen atoms in total. The monoisotopic (exact) mass is 342 g/mol. The molecule has 1 aromatic rings. The average molecular weight is 343 g/mol. The molecule has 0 unspecified atom stereocenters. The van der Waals surface area contributed by atoms with E-state index < -0.39 is 11.4 Å². The van der Waals surface area contributed by atoms with Crippen LogP contribution in [0.3, 0.4) is 0 Å². The molecule has 2 amide bonds. The molecule has 2 rings (SSSR count). The minimum Gasteiger partial charge on any atom is -0.368 e. The number of hydrogen-bond donors (Lipinski definition) is 2. The van der Waals surface area contributed by atoms with Gasteiger partial charge in [0.2, 0.25) is 11.8 Å². The predicted molar refractivity (Wildman–Crippen MR) is 79.6 cm³/mol. The van der Waals surface area contributed by atoms with Crippen molar-refractivity contribution in [3.05, 3.63) is 26.9 Å². The molecule has 0 spiro atoms. The van der Waals surface area contributed by atoms with Crippen LogP contribution >= 0.6 is 27.3 Å². The number of halogens is 1. The van der Waals surface area contributed by atoms with Gasteiger partial charge in [0.1, 0.15) is 5.54 Å². The molecule has 1 aromatic heterocycles. The van der Waals surface area contributed by atoms with Gasteiger partial charge in [-0.2, -0.15) is 0 Å². The second kappa shape index (κ2) is 5.88. The number of nitrogens with one attached hydrogen (secondary N) is 1. The molecular weight excluding hydrogens is 328 g/mol. The van der Waals surface area contributed by atoms with Crippen molar-refractivity contribution in [3.63, 3.8) is 0 Å². The molecule has 1 fully saturated rings. The van der Waals surface area contributed by atoms with Gasteiger partial charge >= 0.3 is 0 Å². The van der Waals surface area contributed by atoms with Crippen LogP contribution in [0.25, 0.3) is 6.08 Å². The number of thiophene rings is 1. The Morgan fingerprint density at radius 3 is 2.63 bits per heavy atom. The van der Waals surface area contributed by atoms with E-state index in [1.54, 1.807) is 17.4 Å². The lowest BCUT2D eigenvalue weighted by Crippen LogP contribution is -2.55. The third-order valence-corrected chi connectivity index (χ3v) is 4.83. The van der Waals surface area contributed by atoms with Crippen molar-refractivity contribution in [2.75, 3.05) is 0 Å². The second-order valence-electron chi connectivity index (χ2n) is 4.66. The third kappa shape index (κ3) is 3.45. The Morgan fingerprint density at radius 1 is 1.42 bits per heavy atom. The maximum Gasteiger partial charge on any atom is 0.244 e. The highest BCUT2D eigenvalue weighted by atomic mass is 79.9. The van der Waals surface area contributed by atoms with E-state index in [1.807, 2.05) is 11.4 Å². The summed E-state index contributed by atoms with van der Waals surface area (Å²) in [6.07, 6.45) is 6.27. The molecule has 102 valence electrons. The van der Waals surface area contributed by atoms with Gasteiger partial charge in [0.05, 0.1) is 3.79 Å². The summed E-state index contributed by atoms with van der Waals surface area (Å²) < 4.78 is 1.01. The topological polar surface area (TPSA) is 72.2 Å². The zero-order chi connectivity index (χ0) is 13.9. The Balaban J connectivity index is 2.00. The molecule has 0 radical (unpaired) electrons. The summed E-state index contributed by atoms with van der Waals surface area (Å²) in [4.78, 5) is 23.4. The summed E-state index contributed by atoms with van der Waals surface area (Å²) in [6, 6.07) is 1.92. The first kappa shape index (κ1) is 14.3. The van der Waals surface area contributed by atoms with Crippen LogP contribution in [0.1, 0.15) is 31.2 Å². The van der Waals surface area contributed by atoms with E-state index in [0.717, 1.165) is 22.2 Å². The van der Waals surface area contributed by atoms with Gasteiger partial charge in [-0.05, 0) is 51.9 Å². The summed E-state index contributed by atoms with van der Waals surface area (Å²) in [5.41, 5.74) is 5.51. The second-order valence-corrected chi connectivity index (χ2v) is 6.95. The van der Waals surface area contributed by atoms with Crippen LogP contribution in [0.15, 0.2) is 21.3 Å². The normalized spacial score (nSPS) is 17.7. The van der Waals surface area contributed by atoms with Crippen LogP contribution in [0.2, 0.25) is 0 Å². The van der Waals surface area contributed by atoms with Crippen molar-refractivity contribution >= 4 is 45.2 Å². The minimum absolute atomic E-state index is 0.275. The first-order valence-electron chi connectivity index (χ1n) is 6.06. The highest BCUT2D eigenvalue weighted by Gasteiger charge is 2.40. The fourth-order valence-corrected chi connectivity index (χ4v) is 3.42. The quantitative estimate of drug-likeness (QED) is 0.825. The van der Waals surface area contributed by atoms with Gasteiger partial charge in [0, 0.05) is 6.08 Å². The highest BCUT2D eigenvalue weighted by molar-refractivity contribution is 9.11. The molecule has 0 saturated heterocycles. The lowest BCUT2D eigenvalue weighted by atomic mass is 9.96. The lowest BCUT2D eigenvalue weighted by molar-refractivity contribution is -0.129. The zero-order valence-corrected chi connectivity index (χ0v) is 12.7. The van der Waals surface area contributed by atoms with Crippen LogP contribution in [-0.2, 0) is 9.59 Å². The number of carbonyl (C=O) groups excluding carboxylic acids is 2. The number of amides is 2. The Morgan fingerprint density at radius 2 is 2.11 bits per heavy atom. The molecule has 1 saturated carbocycles. The fraction of sp³-hybridized carbons (Fsp3) is 0.385. The van der Waals surface area contributed by atoms with E-state index in [-0.39, 0.29) is 5.91 Å². The molecule has 0 atom stereocenters. The zero-order valence-electron chi connectivity index (χ0n) is 10.3. The molecule has 0 aliphatic heterocycles. The minimum atomic E-state index is -0.851. The van der Waals surface area contributed by atoms with Gasteiger partial charge in [-0.3, -0.25) is 9.59 Å². The first-order chi connectivity index (χ1) is 9.02. The first-order valence-corrected chi connectivity index (χ1v) is 7.73. The Kier molecular flexibility index (Phi) is 4.42. The van der Waals surface area contributed by atoms with Crippen molar-refractivity contribution in [2.45, 2.75) is 31.2 Å². The SMILES string of the molecule is NC(=O)C1(NC(=O)C=Cc2csc(Br)c2)CCCC1. The summed E-state index contributed by atoms with van der Waals surface area (Å²) >= 11 is 4.91. The van der Waals surface area contributed by atoms with Crippen molar-refractivity contribution in [1.82, 2.24) is 5.32 Å². The van der Waals surface area contributed by atoms with Gasteiger partial charge < -0.3 is 11.1 Å². The van der Waals surface area contributed by atoms with Gasteiger partial charge in [-0.25, -0.2) is 0 Å². The molecule has 3 N–H and O–H groups in total. The maximum atomic E-state index is 11.9. The van der Waals surface area contributed by atoms with E-state index in [9.17, 15) is 9.59 Å². The van der Waals surface area contributed by atoms with Crippen molar-refractivity contribution in [3.8, 4) is 0 Å². The number of hydrogen-bond acceptors (Lipinski definition) is 3. The highest BCUT2D eigenvalue weighted by Crippen LogP contribution is 2.29. The number of nitrogens with two attached hydrogens (primary N) is 1. The molecule has 1 aliphatic carbocycles. The third-order valence-electron chi connectivity index (χ3n) is 3.31. The summed E-state index contributed by atoms with van der Waals surface area (Å²) in [6.45, 7) is 0. The van der Waals surface area contributed by atoms with Crippen molar-refractivity contribution in [2.24, 2.45) is 5.73 Å². The van der Waals surface area contributed by atoms with Gasteiger partial charge in [0.15, 0.2) is 0 Å². The van der Waals surface area contributed by atoms with E-state index in [1.165, 1.54) is 6.08 Å². The number of carbonyl (C=O) groups is 2. The van der Waals surface area contributed by atoms with E-state index >= 15 is 0 Å². The molecule has 0 aromatic carbocycles. The summed E-state index contributed by atoms with van der Waals surface area (Å²) in [7, 11) is 0. The molecule has 6 heteroatoms. The Labute approximate surface area is 124 Å². The van der Waals surface area contributed by atoms with Crippen LogP contribution in [0.4, 0.5) is 0 Å². The largest absolute Gasteiger partial charge is 0.368 e. The number of primary amides is 1. The molecule has 1 aliphatic rings. The fourth-order valence-electron chi connectivity index (χ4n) is 2.27. The molecule has 19 heavy (non-hydrogen) atoms. The lowest BCUT2D eigenvalue weighted by Gasteiger charge is -2.25. The van der Waals surface area contributed by atoms with E-state index in [0.29, 0.717) is 12.8 Å². The van der Waals surface area contributed by atoms with Crippen LogP contribution in [0.5, 0.6) is 0 Å².